The Labute approximate surface area is 313 Å². The molecule has 0 unspecified atom stereocenters. The van der Waals surface area contributed by atoms with Crippen LogP contribution in [-0.4, -0.2) is 14.2 Å². The minimum Gasteiger partial charge on any atom is -0.497 e. The third-order valence-corrected chi connectivity index (χ3v) is 11.5. The van der Waals surface area contributed by atoms with Crippen molar-refractivity contribution in [3.8, 4) is 78.3 Å². The highest BCUT2D eigenvalue weighted by Gasteiger charge is 2.33. The van der Waals surface area contributed by atoms with Crippen LogP contribution >= 0.6 is 0 Å². The maximum Gasteiger partial charge on any atom is 0.118 e. The van der Waals surface area contributed by atoms with E-state index >= 15 is 0 Å². The zero-order chi connectivity index (χ0) is 35.9. The fraction of sp³-hybridized carbons (Fsp3) is 0.0385. The summed E-state index contributed by atoms with van der Waals surface area (Å²) in [7, 11) is 3.45. The third kappa shape index (κ3) is 4.28. The Bertz CT molecular complexity index is 2860. The molecular weight excluding hydrogens is 657 g/mol. The van der Waals surface area contributed by atoms with Crippen molar-refractivity contribution in [3.63, 3.8) is 0 Å². The Kier molecular flexibility index (Phi) is 6.72. The van der Waals surface area contributed by atoms with E-state index in [0.717, 1.165) is 11.5 Å². The van der Waals surface area contributed by atoms with Crippen LogP contribution < -0.4 is 9.47 Å². The van der Waals surface area contributed by atoms with Crippen LogP contribution in [0.1, 0.15) is 0 Å². The molecule has 2 nitrogen and oxygen atoms in total. The fourth-order valence-corrected chi connectivity index (χ4v) is 9.31. The van der Waals surface area contributed by atoms with Crippen molar-refractivity contribution in [1.29, 1.82) is 0 Å². The maximum atomic E-state index is 5.60. The molecule has 0 spiro atoms. The first-order valence-corrected chi connectivity index (χ1v) is 18.5. The predicted octanol–water partition coefficient (Wildman–Crippen LogP) is 14.1. The van der Waals surface area contributed by atoms with E-state index < -0.39 is 0 Å². The number of fused-ring (bicyclic) bond motifs is 10. The molecule has 0 bridgehead atoms. The van der Waals surface area contributed by atoms with Crippen LogP contribution in [0.15, 0.2) is 170 Å². The van der Waals surface area contributed by atoms with Crippen molar-refractivity contribution in [2.75, 3.05) is 14.2 Å². The second-order valence-electron chi connectivity index (χ2n) is 14.2. The lowest BCUT2D eigenvalue weighted by molar-refractivity contribution is 0.415. The average Bonchev–Trinajstić information content (AvgIpc) is 3.95. The summed E-state index contributed by atoms with van der Waals surface area (Å²) < 4.78 is 11.2. The zero-order valence-corrected chi connectivity index (χ0v) is 30.0. The molecule has 0 heterocycles. The van der Waals surface area contributed by atoms with Gasteiger partial charge in [-0.2, -0.15) is 0 Å². The highest BCUT2D eigenvalue weighted by molar-refractivity contribution is 6.36. The van der Waals surface area contributed by atoms with Gasteiger partial charge in [0.05, 0.1) is 14.2 Å². The molecule has 4 aliphatic carbocycles. The first kappa shape index (κ1) is 30.7. The van der Waals surface area contributed by atoms with E-state index in [0.29, 0.717) is 0 Å². The molecule has 0 radical (unpaired) electrons. The Balaban J connectivity index is 1.36. The van der Waals surface area contributed by atoms with Gasteiger partial charge in [0.2, 0.25) is 0 Å². The summed E-state index contributed by atoms with van der Waals surface area (Å²) >= 11 is 0. The summed E-state index contributed by atoms with van der Waals surface area (Å²) in [5, 5.41) is 10.2. The van der Waals surface area contributed by atoms with Gasteiger partial charge >= 0.3 is 0 Å². The highest BCUT2D eigenvalue weighted by atomic mass is 16.5. The van der Waals surface area contributed by atoms with Crippen LogP contribution in [0, 0.1) is 0 Å². The van der Waals surface area contributed by atoms with Gasteiger partial charge in [0, 0.05) is 0 Å². The molecule has 11 rings (SSSR count). The normalized spacial score (nSPS) is 11.9. The molecule has 254 valence electrons. The molecule has 2 heteroatoms. The van der Waals surface area contributed by atoms with Crippen molar-refractivity contribution in [3.05, 3.63) is 170 Å². The van der Waals surface area contributed by atoms with Crippen LogP contribution in [0.4, 0.5) is 0 Å². The summed E-state index contributed by atoms with van der Waals surface area (Å²) in [6.07, 6.45) is 0. The summed E-state index contributed by atoms with van der Waals surface area (Å²) in [5.74, 6) is 1.71. The molecule has 4 aliphatic rings. The van der Waals surface area contributed by atoms with Gasteiger partial charge in [0.15, 0.2) is 0 Å². The molecule has 0 saturated heterocycles. The minimum atomic E-state index is 0.854. The quantitative estimate of drug-likeness (QED) is 0.173. The third-order valence-electron chi connectivity index (χ3n) is 11.5. The van der Waals surface area contributed by atoms with E-state index in [2.05, 4.69) is 170 Å². The van der Waals surface area contributed by atoms with E-state index in [1.165, 1.54) is 110 Å². The lowest BCUT2D eigenvalue weighted by Gasteiger charge is -2.08. The second-order valence-corrected chi connectivity index (χ2v) is 14.2. The first-order chi connectivity index (χ1) is 26.7. The minimum absolute atomic E-state index is 0.854. The maximum absolute atomic E-state index is 5.60. The van der Waals surface area contributed by atoms with Crippen molar-refractivity contribution in [2.24, 2.45) is 0 Å². The molecule has 0 fully saturated rings. The lowest BCUT2D eigenvalue weighted by Crippen LogP contribution is -1.84. The Morgan fingerprint density at radius 2 is 0.500 bits per heavy atom. The number of ether oxygens (including phenoxy) is 2. The van der Waals surface area contributed by atoms with Crippen LogP contribution in [-0.2, 0) is 0 Å². The Morgan fingerprint density at radius 3 is 0.852 bits per heavy atom. The van der Waals surface area contributed by atoms with Crippen LogP contribution in [0.5, 0.6) is 11.5 Å². The number of benzene rings is 7. The second kappa shape index (κ2) is 11.8. The van der Waals surface area contributed by atoms with Gasteiger partial charge in [-0.25, -0.2) is 0 Å². The van der Waals surface area contributed by atoms with E-state index in [1.807, 2.05) is 0 Å². The van der Waals surface area contributed by atoms with Gasteiger partial charge in [-0.3, -0.25) is 0 Å². The molecule has 0 aliphatic heterocycles. The SMILES string of the molecule is COc1ccc(-c2c3c4cc5c6c(-c7ccc(OC)cc7)c7ccccc7c-6c(-c6ccccc6)c5cc4c(-c4ccccc4)c-3c3ccccc23)cc1. The molecule has 7 aromatic rings. The molecule has 54 heavy (non-hydrogen) atoms. The summed E-state index contributed by atoms with van der Waals surface area (Å²) in [6, 6.07) is 62.0. The van der Waals surface area contributed by atoms with Crippen molar-refractivity contribution >= 4 is 43.1 Å². The first-order valence-electron chi connectivity index (χ1n) is 18.5. The van der Waals surface area contributed by atoms with E-state index in [4.69, 9.17) is 9.47 Å². The zero-order valence-electron chi connectivity index (χ0n) is 30.0. The lowest BCUT2D eigenvalue weighted by atomic mass is 9.96. The summed E-state index contributed by atoms with van der Waals surface area (Å²) in [5.41, 5.74) is 15.2. The topological polar surface area (TPSA) is 18.5 Å². The average molecular weight is 691 g/mol. The molecule has 0 amide bonds. The van der Waals surface area contributed by atoms with Gasteiger partial charge in [-0.05, 0) is 146 Å². The smallest absolute Gasteiger partial charge is 0.118 e. The summed E-state index contributed by atoms with van der Waals surface area (Å²) in [6.45, 7) is 0. The Hall–Kier alpha value is -6.90. The number of hydrogen-bond donors (Lipinski definition) is 0. The molecule has 0 saturated carbocycles. The van der Waals surface area contributed by atoms with Crippen molar-refractivity contribution in [2.45, 2.75) is 0 Å². The summed E-state index contributed by atoms with van der Waals surface area (Å²) in [4.78, 5) is 0. The monoisotopic (exact) mass is 690 g/mol. The van der Waals surface area contributed by atoms with Crippen LogP contribution in [0.2, 0.25) is 0 Å². The van der Waals surface area contributed by atoms with Gasteiger partial charge < -0.3 is 9.47 Å². The standard InChI is InChI=1S/C52H34O2/c1-53-35-25-21-33(22-26-35)45-37-17-9-11-19-39(37)49-47(31-13-5-3-6-14-31)41-29-42-44(30-43(41)51(45)49)52-46(34-23-27-36(54-2)28-24-34)38-18-10-12-20-40(38)50(52)48(42)32-15-7-4-8-16-32/h3-30H,1-2H3. The van der Waals surface area contributed by atoms with Crippen LogP contribution in [0.25, 0.3) is 110 Å². The van der Waals surface area contributed by atoms with E-state index in [9.17, 15) is 0 Å². The van der Waals surface area contributed by atoms with Gasteiger partial charge in [0.1, 0.15) is 11.5 Å². The van der Waals surface area contributed by atoms with Gasteiger partial charge in [-0.1, -0.05) is 133 Å². The number of methoxy groups -OCH3 is 2. The van der Waals surface area contributed by atoms with E-state index in [1.54, 1.807) is 14.2 Å². The van der Waals surface area contributed by atoms with Crippen LogP contribution in [0.3, 0.4) is 0 Å². The van der Waals surface area contributed by atoms with Crippen molar-refractivity contribution < 1.29 is 9.47 Å². The Morgan fingerprint density at radius 1 is 0.241 bits per heavy atom. The largest absolute Gasteiger partial charge is 0.497 e. The van der Waals surface area contributed by atoms with Crippen molar-refractivity contribution in [1.82, 2.24) is 0 Å². The fourth-order valence-electron chi connectivity index (χ4n) is 9.31. The number of hydrogen-bond acceptors (Lipinski definition) is 2. The molecule has 7 aromatic carbocycles. The highest BCUT2D eigenvalue weighted by Crippen LogP contribution is 2.60. The van der Waals surface area contributed by atoms with Gasteiger partial charge in [-0.15, -0.1) is 0 Å². The molecule has 0 aromatic heterocycles. The molecule has 0 atom stereocenters. The van der Waals surface area contributed by atoms with Gasteiger partial charge in [0.25, 0.3) is 0 Å². The number of rotatable bonds is 6. The molecule has 0 N–H and O–H groups in total. The predicted molar refractivity (Wildman–Crippen MR) is 227 cm³/mol. The van der Waals surface area contributed by atoms with E-state index in [-0.39, 0.29) is 0 Å². The molecular formula is C52H34O2.